The molecule has 0 atom stereocenters. The van der Waals surface area contributed by atoms with E-state index in [1.807, 2.05) is 12.1 Å². The fourth-order valence-electron chi connectivity index (χ4n) is 3.19. The molecular weight excluding hydrogens is 382 g/mol. The average Bonchev–Trinajstić information content (AvgIpc) is 3.10. The lowest BCUT2D eigenvalue weighted by Crippen LogP contribution is -2.25. The van der Waals surface area contributed by atoms with E-state index >= 15 is 0 Å². The first kappa shape index (κ1) is 19.8. The Morgan fingerprint density at radius 3 is 2.57 bits per heavy atom. The number of nitrogens with zero attached hydrogens (tertiary/aromatic N) is 1. The van der Waals surface area contributed by atoms with Crippen molar-refractivity contribution in [2.24, 2.45) is 0 Å². The van der Waals surface area contributed by atoms with Crippen LogP contribution in [0.5, 0.6) is 11.5 Å². The highest BCUT2D eigenvalue weighted by Crippen LogP contribution is 2.36. The molecule has 2 aromatic rings. The van der Waals surface area contributed by atoms with Crippen LogP contribution in [-0.2, 0) is 16.0 Å². The largest absolute Gasteiger partial charge is 0.495 e. The number of carbonyl (C=O) groups is 2. The standard InChI is InChI=1S/C20H22ClN3O4/c1-12(25)24-7-6-13-8-14(4-5-17(13)24)23-20(26)11-22-16-9-15(21)18(27-2)10-19(16)28-3/h4-5,8-10,22H,6-7,11H2,1-3H3,(H,23,26). The molecule has 2 aromatic carbocycles. The second kappa shape index (κ2) is 8.39. The first-order chi connectivity index (χ1) is 13.4. The maximum Gasteiger partial charge on any atom is 0.243 e. The summed E-state index contributed by atoms with van der Waals surface area (Å²) in [5, 5.41) is 6.29. The molecule has 1 aliphatic rings. The number of rotatable bonds is 6. The van der Waals surface area contributed by atoms with Crippen LogP contribution in [0, 0.1) is 0 Å². The molecule has 2 amide bonds. The third kappa shape index (κ3) is 4.14. The summed E-state index contributed by atoms with van der Waals surface area (Å²) in [6.07, 6.45) is 0.776. The Bertz CT molecular complexity index is 917. The summed E-state index contributed by atoms with van der Waals surface area (Å²) < 4.78 is 10.5. The molecule has 8 heteroatoms. The fourth-order valence-corrected chi connectivity index (χ4v) is 3.43. The smallest absolute Gasteiger partial charge is 0.243 e. The lowest BCUT2D eigenvalue weighted by atomic mass is 10.1. The number of amides is 2. The lowest BCUT2D eigenvalue weighted by molar-refractivity contribution is -0.116. The van der Waals surface area contributed by atoms with Crippen molar-refractivity contribution in [3.05, 3.63) is 40.9 Å². The minimum Gasteiger partial charge on any atom is -0.495 e. The highest BCUT2D eigenvalue weighted by atomic mass is 35.5. The number of methoxy groups -OCH3 is 2. The number of fused-ring (bicyclic) bond motifs is 1. The Kier molecular flexibility index (Phi) is 5.94. The van der Waals surface area contributed by atoms with Crippen LogP contribution < -0.4 is 25.0 Å². The summed E-state index contributed by atoms with van der Waals surface area (Å²) in [4.78, 5) is 25.7. The molecule has 28 heavy (non-hydrogen) atoms. The molecule has 0 aromatic heterocycles. The van der Waals surface area contributed by atoms with Crippen LogP contribution in [0.3, 0.4) is 0 Å². The van der Waals surface area contributed by atoms with Crippen LogP contribution in [0.2, 0.25) is 5.02 Å². The third-order valence-electron chi connectivity index (χ3n) is 4.55. The molecule has 0 unspecified atom stereocenters. The highest BCUT2D eigenvalue weighted by molar-refractivity contribution is 6.32. The van der Waals surface area contributed by atoms with Crippen molar-refractivity contribution in [3.63, 3.8) is 0 Å². The molecular formula is C20H22ClN3O4. The number of carbonyl (C=O) groups excluding carboxylic acids is 2. The minimum absolute atomic E-state index is 0.0202. The Balaban J connectivity index is 1.64. The van der Waals surface area contributed by atoms with Crippen LogP contribution in [0.15, 0.2) is 30.3 Å². The predicted molar refractivity (Wildman–Crippen MR) is 110 cm³/mol. The summed E-state index contributed by atoms with van der Waals surface area (Å²) in [5.74, 6) is 0.823. The molecule has 3 rings (SSSR count). The maximum atomic E-state index is 12.3. The maximum absolute atomic E-state index is 12.3. The Morgan fingerprint density at radius 1 is 1.14 bits per heavy atom. The summed E-state index contributed by atoms with van der Waals surface area (Å²) in [6, 6.07) is 8.87. The molecule has 148 valence electrons. The minimum atomic E-state index is -0.213. The van der Waals surface area contributed by atoms with Crippen LogP contribution in [0.4, 0.5) is 17.1 Å². The molecule has 1 heterocycles. The molecule has 0 fully saturated rings. The Hall–Kier alpha value is -2.93. The van der Waals surface area contributed by atoms with E-state index in [1.165, 1.54) is 14.2 Å². The topological polar surface area (TPSA) is 79.9 Å². The highest BCUT2D eigenvalue weighted by Gasteiger charge is 2.22. The fraction of sp³-hybridized carbons (Fsp3) is 0.300. The van der Waals surface area contributed by atoms with Crippen molar-refractivity contribution in [1.29, 1.82) is 0 Å². The molecule has 0 bridgehead atoms. The molecule has 0 saturated carbocycles. The SMILES string of the molecule is COc1cc(OC)c(NCC(=O)Nc2ccc3c(c2)CCN3C(C)=O)cc1Cl. The van der Waals surface area contributed by atoms with Crippen molar-refractivity contribution in [1.82, 2.24) is 0 Å². The van der Waals surface area contributed by atoms with Crippen LogP contribution in [0.25, 0.3) is 0 Å². The van der Waals surface area contributed by atoms with Gasteiger partial charge in [-0.3, -0.25) is 9.59 Å². The first-order valence-corrected chi connectivity index (χ1v) is 9.17. The zero-order chi connectivity index (χ0) is 20.3. The van der Waals surface area contributed by atoms with E-state index in [1.54, 1.807) is 30.0 Å². The van der Waals surface area contributed by atoms with Crippen molar-refractivity contribution in [2.75, 3.05) is 42.8 Å². The van der Waals surface area contributed by atoms with Crippen molar-refractivity contribution in [2.45, 2.75) is 13.3 Å². The van der Waals surface area contributed by atoms with Gasteiger partial charge in [0.25, 0.3) is 0 Å². The van der Waals surface area contributed by atoms with Crippen LogP contribution in [0.1, 0.15) is 12.5 Å². The zero-order valence-electron chi connectivity index (χ0n) is 16.0. The van der Waals surface area contributed by atoms with E-state index in [-0.39, 0.29) is 18.4 Å². The average molecular weight is 404 g/mol. The molecule has 7 nitrogen and oxygen atoms in total. The van der Waals surface area contributed by atoms with Gasteiger partial charge in [0.1, 0.15) is 11.5 Å². The Labute approximate surface area is 168 Å². The zero-order valence-corrected chi connectivity index (χ0v) is 16.7. The third-order valence-corrected chi connectivity index (χ3v) is 4.85. The van der Waals surface area contributed by atoms with Gasteiger partial charge in [-0.15, -0.1) is 0 Å². The van der Waals surface area contributed by atoms with E-state index < -0.39 is 0 Å². The second-order valence-electron chi connectivity index (χ2n) is 6.35. The van der Waals surface area contributed by atoms with E-state index in [4.69, 9.17) is 21.1 Å². The van der Waals surface area contributed by atoms with Gasteiger partial charge in [0.05, 0.1) is 31.5 Å². The van der Waals surface area contributed by atoms with Gasteiger partial charge in [0, 0.05) is 30.9 Å². The van der Waals surface area contributed by atoms with Gasteiger partial charge in [-0.2, -0.15) is 0 Å². The van der Waals surface area contributed by atoms with E-state index in [0.29, 0.717) is 34.4 Å². The summed E-state index contributed by atoms with van der Waals surface area (Å²) in [6.45, 7) is 2.26. The summed E-state index contributed by atoms with van der Waals surface area (Å²) in [7, 11) is 3.05. The van der Waals surface area contributed by atoms with Gasteiger partial charge in [-0.1, -0.05) is 11.6 Å². The van der Waals surface area contributed by atoms with Gasteiger partial charge in [0.15, 0.2) is 0 Å². The monoisotopic (exact) mass is 403 g/mol. The van der Waals surface area contributed by atoms with E-state index in [9.17, 15) is 9.59 Å². The summed E-state index contributed by atoms with van der Waals surface area (Å²) >= 11 is 6.14. The second-order valence-corrected chi connectivity index (χ2v) is 6.76. The summed E-state index contributed by atoms with van der Waals surface area (Å²) in [5.41, 5.74) is 3.23. The number of benzene rings is 2. The molecule has 0 radical (unpaired) electrons. The van der Waals surface area contributed by atoms with Crippen molar-refractivity contribution < 1.29 is 19.1 Å². The number of nitrogens with one attached hydrogen (secondary N) is 2. The molecule has 0 saturated heterocycles. The van der Waals surface area contributed by atoms with E-state index in [2.05, 4.69) is 10.6 Å². The van der Waals surface area contributed by atoms with Gasteiger partial charge < -0.3 is 25.0 Å². The Morgan fingerprint density at radius 2 is 1.89 bits per heavy atom. The number of halogens is 1. The van der Waals surface area contributed by atoms with Crippen LogP contribution in [-0.4, -0.2) is 39.1 Å². The number of anilines is 3. The molecule has 2 N–H and O–H groups in total. The molecule has 0 spiro atoms. The van der Waals surface area contributed by atoms with Crippen LogP contribution >= 0.6 is 11.6 Å². The quantitative estimate of drug-likeness (QED) is 0.773. The van der Waals surface area contributed by atoms with E-state index in [0.717, 1.165) is 17.7 Å². The lowest BCUT2D eigenvalue weighted by Gasteiger charge is -2.15. The van der Waals surface area contributed by atoms with Gasteiger partial charge >= 0.3 is 0 Å². The van der Waals surface area contributed by atoms with Crippen molar-refractivity contribution in [3.8, 4) is 11.5 Å². The van der Waals surface area contributed by atoms with Crippen molar-refractivity contribution >= 4 is 40.5 Å². The van der Waals surface area contributed by atoms with Gasteiger partial charge in [-0.05, 0) is 36.2 Å². The van der Waals surface area contributed by atoms with Gasteiger partial charge in [0.2, 0.25) is 11.8 Å². The molecule has 1 aliphatic heterocycles. The number of ether oxygens (including phenoxy) is 2. The molecule has 0 aliphatic carbocycles. The predicted octanol–water partition coefficient (Wildman–Crippen LogP) is 3.32. The number of hydrogen-bond acceptors (Lipinski definition) is 5. The normalized spacial score (nSPS) is 12.4. The first-order valence-electron chi connectivity index (χ1n) is 8.79. The number of hydrogen-bond donors (Lipinski definition) is 2. The van der Waals surface area contributed by atoms with Gasteiger partial charge in [-0.25, -0.2) is 0 Å².